The highest BCUT2D eigenvalue weighted by atomic mass is 32.2. The number of hydrogen-bond acceptors (Lipinski definition) is 4. The first kappa shape index (κ1) is 18.6. The Morgan fingerprint density at radius 1 is 0.962 bits per heavy atom. The summed E-state index contributed by atoms with van der Waals surface area (Å²) in [5.41, 5.74) is 0.690. The van der Waals surface area contributed by atoms with Crippen molar-refractivity contribution in [2.45, 2.75) is 24.8 Å². The third kappa shape index (κ3) is 3.81. The van der Waals surface area contributed by atoms with Crippen LogP contribution in [0.2, 0.25) is 0 Å². The summed E-state index contributed by atoms with van der Waals surface area (Å²) in [7, 11) is -4.04. The van der Waals surface area contributed by atoms with Crippen LogP contribution in [0.3, 0.4) is 0 Å². The molecule has 1 aliphatic heterocycles. The average Bonchev–Trinajstić information content (AvgIpc) is 2.61. The Hall–Kier alpha value is -2.19. The first-order valence-corrected chi connectivity index (χ1v) is 9.63. The number of nitrogens with one attached hydrogen (secondary N) is 1. The van der Waals surface area contributed by atoms with Crippen molar-refractivity contribution in [3.05, 3.63) is 53.6 Å². The van der Waals surface area contributed by atoms with E-state index in [1.165, 1.54) is 0 Å². The summed E-state index contributed by atoms with van der Waals surface area (Å²) in [5.74, 6) is -1.26. The van der Waals surface area contributed by atoms with E-state index in [0.717, 1.165) is 12.1 Å². The molecule has 0 unspecified atom stereocenters. The van der Waals surface area contributed by atoms with E-state index in [0.29, 0.717) is 36.3 Å². The summed E-state index contributed by atoms with van der Waals surface area (Å²) in [4.78, 5) is -0.334. The summed E-state index contributed by atoms with van der Waals surface area (Å²) in [5, 5.41) is 0. The molecule has 0 radical (unpaired) electrons. The Morgan fingerprint density at radius 2 is 1.65 bits per heavy atom. The predicted octanol–water partition coefficient (Wildman–Crippen LogP) is 3.41. The van der Waals surface area contributed by atoms with Crippen LogP contribution in [0.4, 0.5) is 8.78 Å². The van der Waals surface area contributed by atoms with Gasteiger partial charge in [-0.1, -0.05) is 19.9 Å². The van der Waals surface area contributed by atoms with Crippen LogP contribution < -0.4 is 14.2 Å². The van der Waals surface area contributed by atoms with E-state index < -0.39 is 27.7 Å². The molecule has 0 bridgehead atoms. The van der Waals surface area contributed by atoms with Gasteiger partial charge in [0.2, 0.25) is 10.0 Å². The molecule has 2 aromatic carbocycles. The SMILES string of the molecule is CC(C)[C@@H](NS(=O)(=O)c1ccc(F)c(F)c1)c1ccc2c(c1)OCCO2. The van der Waals surface area contributed by atoms with Crippen molar-refractivity contribution in [3.8, 4) is 11.5 Å². The lowest BCUT2D eigenvalue weighted by Gasteiger charge is -2.25. The van der Waals surface area contributed by atoms with Crippen LogP contribution in [-0.2, 0) is 10.0 Å². The molecule has 1 atom stereocenters. The van der Waals surface area contributed by atoms with Gasteiger partial charge in [0.1, 0.15) is 13.2 Å². The smallest absolute Gasteiger partial charge is 0.241 e. The zero-order chi connectivity index (χ0) is 18.9. The Kier molecular flexibility index (Phi) is 5.15. The molecule has 26 heavy (non-hydrogen) atoms. The van der Waals surface area contributed by atoms with Gasteiger partial charge in [0.25, 0.3) is 0 Å². The largest absolute Gasteiger partial charge is 0.486 e. The van der Waals surface area contributed by atoms with Crippen molar-refractivity contribution in [1.29, 1.82) is 0 Å². The predicted molar refractivity (Wildman–Crippen MR) is 91.7 cm³/mol. The van der Waals surface area contributed by atoms with Crippen LogP contribution in [0.1, 0.15) is 25.5 Å². The number of fused-ring (bicyclic) bond motifs is 1. The topological polar surface area (TPSA) is 64.6 Å². The van der Waals surface area contributed by atoms with E-state index in [2.05, 4.69) is 4.72 Å². The minimum absolute atomic E-state index is 0.0994. The maximum atomic E-state index is 13.4. The van der Waals surface area contributed by atoms with Gasteiger partial charge in [-0.25, -0.2) is 21.9 Å². The lowest BCUT2D eigenvalue weighted by molar-refractivity contribution is 0.171. The Morgan fingerprint density at radius 3 is 2.31 bits per heavy atom. The van der Waals surface area contributed by atoms with Gasteiger partial charge in [-0.2, -0.15) is 0 Å². The van der Waals surface area contributed by atoms with E-state index in [1.807, 2.05) is 13.8 Å². The molecule has 8 heteroatoms. The second-order valence-corrected chi connectivity index (χ2v) is 8.04. The molecule has 0 aliphatic carbocycles. The van der Waals surface area contributed by atoms with Gasteiger partial charge in [0.15, 0.2) is 23.1 Å². The molecule has 0 aromatic heterocycles. The second kappa shape index (κ2) is 7.20. The standard InChI is InChI=1S/C18H19F2NO4S/c1-11(2)18(12-3-6-16-17(9-12)25-8-7-24-16)21-26(22,23)13-4-5-14(19)15(20)10-13/h3-6,9-11,18,21H,7-8H2,1-2H3/t18-/m1/s1. The number of halogens is 2. The fourth-order valence-electron chi connectivity index (χ4n) is 2.72. The highest BCUT2D eigenvalue weighted by molar-refractivity contribution is 7.89. The summed E-state index contributed by atoms with van der Waals surface area (Å²) < 4.78 is 65.3. The van der Waals surface area contributed by atoms with Gasteiger partial charge in [0.05, 0.1) is 4.90 Å². The molecule has 0 fully saturated rings. The number of ether oxygens (including phenoxy) is 2. The molecule has 0 amide bonds. The number of benzene rings is 2. The minimum Gasteiger partial charge on any atom is -0.486 e. The van der Waals surface area contributed by atoms with Crippen LogP contribution >= 0.6 is 0 Å². The molecule has 2 aromatic rings. The average molecular weight is 383 g/mol. The van der Waals surface area contributed by atoms with Crippen LogP contribution in [-0.4, -0.2) is 21.6 Å². The number of sulfonamides is 1. The first-order valence-electron chi connectivity index (χ1n) is 8.15. The molecule has 140 valence electrons. The summed E-state index contributed by atoms with van der Waals surface area (Å²) >= 11 is 0. The summed E-state index contributed by atoms with van der Waals surface area (Å²) in [6.45, 7) is 4.59. The molecule has 0 saturated carbocycles. The van der Waals surface area contributed by atoms with Gasteiger partial charge >= 0.3 is 0 Å². The fraction of sp³-hybridized carbons (Fsp3) is 0.333. The van der Waals surface area contributed by atoms with Gasteiger partial charge in [0, 0.05) is 6.04 Å². The van der Waals surface area contributed by atoms with Crippen LogP contribution in [0.5, 0.6) is 11.5 Å². The molecule has 1 aliphatic rings. The monoisotopic (exact) mass is 383 g/mol. The minimum atomic E-state index is -4.04. The van der Waals surface area contributed by atoms with Gasteiger partial charge in [-0.3, -0.25) is 0 Å². The Bertz CT molecular complexity index is 915. The highest BCUT2D eigenvalue weighted by Crippen LogP contribution is 2.35. The third-order valence-electron chi connectivity index (χ3n) is 4.08. The lowest BCUT2D eigenvalue weighted by Crippen LogP contribution is -2.32. The molecule has 0 spiro atoms. The summed E-state index contributed by atoms with van der Waals surface area (Å²) in [6, 6.07) is 7.12. The first-order chi connectivity index (χ1) is 12.3. The normalized spacial score (nSPS) is 15.1. The van der Waals surface area contributed by atoms with Crippen LogP contribution in [0, 0.1) is 17.6 Å². The van der Waals surface area contributed by atoms with E-state index >= 15 is 0 Å². The molecule has 1 heterocycles. The van der Waals surface area contributed by atoms with Crippen LogP contribution in [0.15, 0.2) is 41.3 Å². The molecular formula is C18H19F2NO4S. The van der Waals surface area contributed by atoms with E-state index in [9.17, 15) is 17.2 Å². The van der Waals surface area contributed by atoms with Gasteiger partial charge in [-0.15, -0.1) is 0 Å². The lowest BCUT2D eigenvalue weighted by atomic mass is 9.97. The summed E-state index contributed by atoms with van der Waals surface area (Å²) in [6.07, 6.45) is 0. The second-order valence-electron chi connectivity index (χ2n) is 6.32. The van der Waals surface area contributed by atoms with Gasteiger partial charge in [-0.05, 0) is 41.8 Å². The van der Waals surface area contributed by atoms with Crippen molar-refractivity contribution in [3.63, 3.8) is 0 Å². The van der Waals surface area contributed by atoms with E-state index in [4.69, 9.17) is 9.47 Å². The van der Waals surface area contributed by atoms with Crippen molar-refractivity contribution in [2.24, 2.45) is 5.92 Å². The Balaban J connectivity index is 1.92. The van der Waals surface area contributed by atoms with E-state index in [1.54, 1.807) is 18.2 Å². The molecular weight excluding hydrogens is 364 g/mol. The van der Waals surface area contributed by atoms with E-state index in [-0.39, 0.29) is 10.8 Å². The number of hydrogen-bond donors (Lipinski definition) is 1. The molecule has 5 nitrogen and oxygen atoms in total. The maximum absolute atomic E-state index is 13.4. The van der Waals surface area contributed by atoms with Crippen molar-refractivity contribution in [2.75, 3.05) is 13.2 Å². The quantitative estimate of drug-likeness (QED) is 0.859. The molecule has 0 saturated heterocycles. The molecule has 1 N–H and O–H groups in total. The fourth-order valence-corrected chi connectivity index (χ4v) is 4.11. The third-order valence-corrected chi connectivity index (χ3v) is 5.51. The maximum Gasteiger partial charge on any atom is 0.241 e. The molecule has 3 rings (SSSR count). The highest BCUT2D eigenvalue weighted by Gasteiger charge is 2.26. The van der Waals surface area contributed by atoms with Crippen molar-refractivity contribution in [1.82, 2.24) is 4.72 Å². The number of rotatable bonds is 5. The van der Waals surface area contributed by atoms with Crippen LogP contribution in [0.25, 0.3) is 0 Å². The zero-order valence-electron chi connectivity index (χ0n) is 14.3. The van der Waals surface area contributed by atoms with Gasteiger partial charge < -0.3 is 9.47 Å². The Labute approximate surface area is 151 Å². The van der Waals surface area contributed by atoms with Crippen molar-refractivity contribution < 1.29 is 26.7 Å². The zero-order valence-corrected chi connectivity index (χ0v) is 15.1. The van der Waals surface area contributed by atoms with Crippen molar-refractivity contribution >= 4 is 10.0 Å².